The highest BCUT2D eigenvalue weighted by molar-refractivity contribution is 6.44. The molecule has 0 saturated carbocycles. The van der Waals surface area contributed by atoms with Gasteiger partial charge in [-0.15, -0.1) is 0 Å². The van der Waals surface area contributed by atoms with Gasteiger partial charge in [0.15, 0.2) is 0 Å². The Hall–Kier alpha value is -1.01. The molecule has 1 aromatic rings. The van der Waals surface area contributed by atoms with Crippen LogP contribution in [0.3, 0.4) is 0 Å². The summed E-state index contributed by atoms with van der Waals surface area (Å²) in [6.45, 7) is 5.20. The van der Waals surface area contributed by atoms with E-state index in [9.17, 15) is 9.59 Å². The number of halogens is 3. The van der Waals surface area contributed by atoms with Gasteiger partial charge in [0.2, 0.25) is 5.91 Å². The van der Waals surface area contributed by atoms with Crippen LogP contribution in [0.25, 0.3) is 0 Å². The largest absolute Gasteiger partial charge is 0.466 e. The molecule has 1 aliphatic rings. The molecule has 1 fully saturated rings. The molecular formula is C17H21Cl3N2O3. The molecule has 0 aliphatic carbocycles. The molecule has 0 bridgehead atoms. The maximum atomic E-state index is 12.6. The Bertz CT molecular complexity index is 654. The molecule has 1 aliphatic heterocycles. The minimum Gasteiger partial charge on any atom is -0.466 e. The van der Waals surface area contributed by atoms with Gasteiger partial charge >= 0.3 is 5.97 Å². The first-order chi connectivity index (χ1) is 11.8. The molecule has 0 spiro atoms. The molecule has 1 heterocycles. The fourth-order valence-corrected chi connectivity index (χ4v) is 3.43. The molecule has 25 heavy (non-hydrogen) atoms. The lowest BCUT2D eigenvalue weighted by atomic mass is 9.97. The third-order valence-electron chi connectivity index (χ3n) is 4.27. The second-order valence-electron chi connectivity index (χ2n) is 6.00. The summed E-state index contributed by atoms with van der Waals surface area (Å²) in [6.07, 6.45) is 1.62. The van der Waals surface area contributed by atoms with Crippen molar-refractivity contribution in [1.82, 2.24) is 4.90 Å². The summed E-state index contributed by atoms with van der Waals surface area (Å²) in [5, 5.41) is 3.73. The zero-order valence-electron chi connectivity index (χ0n) is 14.2. The molecule has 1 N–H and O–H groups in total. The number of carbonyl (C=O) groups excluding carboxylic acids is 2. The minimum absolute atomic E-state index is 0.197. The third-order valence-corrected chi connectivity index (χ3v) is 5.30. The van der Waals surface area contributed by atoms with Gasteiger partial charge in [0.05, 0.1) is 39.3 Å². The molecule has 8 heteroatoms. The van der Waals surface area contributed by atoms with Crippen LogP contribution in [0.5, 0.6) is 0 Å². The van der Waals surface area contributed by atoms with E-state index in [1.807, 2.05) is 4.90 Å². The van der Waals surface area contributed by atoms with Gasteiger partial charge in [-0.05, 0) is 45.4 Å². The maximum Gasteiger partial charge on any atom is 0.310 e. The number of piperidine rings is 1. The second kappa shape index (κ2) is 9.08. The summed E-state index contributed by atoms with van der Waals surface area (Å²) in [7, 11) is 0. The number of hydrogen-bond donors (Lipinski definition) is 1. The number of nitrogens with zero attached hydrogens (tertiary/aromatic N) is 1. The molecule has 138 valence electrons. The Kier molecular flexibility index (Phi) is 7.37. The highest BCUT2D eigenvalue weighted by Gasteiger charge is 2.31. The van der Waals surface area contributed by atoms with Crippen molar-refractivity contribution in [3.63, 3.8) is 0 Å². The monoisotopic (exact) mass is 406 g/mol. The van der Waals surface area contributed by atoms with Gasteiger partial charge in [0, 0.05) is 6.54 Å². The maximum absolute atomic E-state index is 12.6. The predicted molar refractivity (Wildman–Crippen MR) is 100 cm³/mol. The Labute approximate surface area is 162 Å². The second-order valence-corrected chi connectivity index (χ2v) is 7.22. The van der Waals surface area contributed by atoms with E-state index in [-0.39, 0.29) is 17.8 Å². The Morgan fingerprint density at radius 1 is 1.28 bits per heavy atom. The first-order valence-corrected chi connectivity index (χ1v) is 9.33. The zero-order chi connectivity index (χ0) is 18.6. The Morgan fingerprint density at radius 3 is 2.64 bits per heavy atom. The van der Waals surface area contributed by atoms with Crippen molar-refractivity contribution in [3.05, 3.63) is 27.2 Å². The van der Waals surface area contributed by atoms with E-state index < -0.39 is 6.04 Å². The van der Waals surface area contributed by atoms with Gasteiger partial charge < -0.3 is 10.1 Å². The van der Waals surface area contributed by atoms with Crippen molar-refractivity contribution in [1.29, 1.82) is 0 Å². The lowest BCUT2D eigenvalue weighted by Gasteiger charge is -2.35. The van der Waals surface area contributed by atoms with Gasteiger partial charge in [0.25, 0.3) is 0 Å². The molecule has 0 radical (unpaired) electrons. The number of benzene rings is 1. The standard InChI is InChI=1S/C17H21Cl3N2O3/c1-3-25-17(24)11-5-4-6-22(9-11)10(2)16(23)21-15-8-13(19)12(18)7-14(15)20/h7-8,10-11H,3-6,9H2,1-2H3,(H,21,23)/t10-,11-/m0/s1. The number of nitrogens with one attached hydrogen (secondary N) is 1. The molecule has 1 saturated heterocycles. The normalized spacial score (nSPS) is 19.3. The van der Waals surface area contributed by atoms with Crippen molar-refractivity contribution in [3.8, 4) is 0 Å². The highest BCUT2D eigenvalue weighted by atomic mass is 35.5. The number of anilines is 1. The smallest absolute Gasteiger partial charge is 0.310 e. The third kappa shape index (κ3) is 5.23. The van der Waals surface area contributed by atoms with E-state index in [0.717, 1.165) is 19.4 Å². The number of ether oxygens (including phenoxy) is 1. The van der Waals surface area contributed by atoms with Crippen LogP contribution in [0.1, 0.15) is 26.7 Å². The molecular weight excluding hydrogens is 387 g/mol. The molecule has 2 rings (SSSR count). The quantitative estimate of drug-likeness (QED) is 0.585. The van der Waals surface area contributed by atoms with Crippen LogP contribution in [-0.4, -0.2) is 42.5 Å². The van der Waals surface area contributed by atoms with Gasteiger partial charge in [-0.1, -0.05) is 34.8 Å². The summed E-state index contributed by atoms with van der Waals surface area (Å²) in [5.74, 6) is -0.616. The molecule has 5 nitrogen and oxygen atoms in total. The van der Waals surface area contributed by atoms with E-state index >= 15 is 0 Å². The number of likely N-dealkylation sites (tertiary alicyclic amines) is 1. The Morgan fingerprint density at radius 2 is 1.96 bits per heavy atom. The lowest BCUT2D eigenvalue weighted by molar-refractivity contribution is -0.150. The number of esters is 1. The van der Waals surface area contributed by atoms with E-state index in [0.29, 0.717) is 33.9 Å². The van der Waals surface area contributed by atoms with Gasteiger partial charge in [0.1, 0.15) is 0 Å². The van der Waals surface area contributed by atoms with E-state index in [2.05, 4.69) is 5.32 Å². The topological polar surface area (TPSA) is 58.6 Å². The van der Waals surface area contributed by atoms with Gasteiger partial charge in [-0.25, -0.2) is 0 Å². The minimum atomic E-state index is -0.414. The van der Waals surface area contributed by atoms with Crippen molar-refractivity contribution in [2.75, 3.05) is 25.0 Å². The van der Waals surface area contributed by atoms with Crippen molar-refractivity contribution in [2.45, 2.75) is 32.7 Å². The molecule has 1 aromatic carbocycles. The fourth-order valence-electron chi connectivity index (χ4n) is 2.83. The summed E-state index contributed by atoms with van der Waals surface area (Å²) >= 11 is 18.0. The predicted octanol–water partition coefficient (Wildman–Crippen LogP) is 4.25. The summed E-state index contributed by atoms with van der Waals surface area (Å²) in [6, 6.07) is 2.60. The van der Waals surface area contributed by atoms with E-state index in [1.54, 1.807) is 13.8 Å². The average Bonchev–Trinajstić information content (AvgIpc) is 2.59. The van der Waals surface area contributed by atoms with Crippen molar-refractivity contribution in [2.24, 2.45) is 5.92 Å². The summed E-state index contributed by atoms with van der Waals surface area (Å²) in [4.78, 5) is 26.5. The zero-order valence-corrected chi connectivity index (χ0v) is 16.4. The molecule has 1 amide bonds. The fraction of sp³-hybridized carbons (Fsp3) is 0.529. The number of hydrogen-bond acceptors (Lipinski definition) is 4. The number of amides is 1. The highest BCUT2D eigenvalue weighted by Crippen LogP contribution is 2.32. The van der Waals surface area contributed by atoms with Crippen LogP contribution in [0.4, 0.5) is 5.69 Å². The van der Waals surface area contributed by atoms with Crippen LogP contribution >= 0.6 is 34.8 Å². The van der Waals surface area contributed by atoms with Gasteiger partial charge in [-0.3, -0.25) is 14.5 Å². The number of carbonyl (C=O) groups is 2. The SMILES string of the molecule is CCOC(=O)[C@H]1CCCN([C@@H](C)C(=O)Nc2cc(Cl)c(Cl)cc2Cl)C1. The first-order valence-electron chi connectivity index (χ1n) is 8.19. The van der Waals surface area contributed by atoms with Crippen molar-refractivity contribution < 1.29 is 14.3 Å². The lowest BCUT2D eigenvalue weighted by Crippen LogP contribution is -2.48. The van der Waals surface area contributed by atoms with E-state index in [1.165, 1.54) is 12.1 Å². The number of rotatable bonds is 5. The van der Waals surface area contributed by atoms with Crippen LogP contribution in [-0.2, 0) is 14.3 Å². The summed E-state index contributed by atoms with van der Waals surface area (Å²) < 4.78 is 5.09. The summed E-state index contributed by atoms with van der Waals surface area (Å²) in [5.41, 5.74) is 0.409. The van der Waals surface area contributed by atoms with Crippen LogP contribution in [0.2, 0.25) is 15.1 Å². The molecule has 0 aromatic heterocycles. The first kappa shape index (κ1) is 20.3. The van der Waals surface area contributed by atoms with Crippen LogP contribution in [0, 0.1) is 5.92 Å². The van der Waals surface area contributed by atoms with Crippen molar-refractivity contribution >= 4 is 52.4 Å². The molecule has 0 unspecified atom stereocenters. The van der Waals surface area contributed by atoms with E-state index in [4.69, 9.17) is 39.5 Å². The average molecular weight is 408 g/mol. The van der Waals surface area contributed by atoms with Crippen LogP contribution in [0.15, 0.2) is 12.1 Å². The van der Waals surface area contributed by atoms with Crippen LogP contribution < -0.4 is 5.32 Å². The van der Waals surface area contributed by atoms with Gasteiger partial charge in [-0.2, -0.15) is 0 Å². The molecule has 2 atom stereocenters. The Balaban J connectivity index is 2.02.